The smallest absolute Gasteiger partial charge is 0.225 e. The zero-order chi connectivity index (χ0) is 14.2. The van der Waals surface area contributed by atoms with Crippen LogP contribution in [0.2, 0.25) is 0 Å². The molecule has 4 rings (SSSR count). The largest absolute Gasteiger partial charge is 0.376 e. The van der Waals surface area contributed by atoms with Gasteiger partial charge in [0.05, 0.1) is 12.0 Å². The van der Waals surface area contributed by atoms with Crippen molar-refractivity contribution in [2.75, 3.05) is 24.6 Å². The molecule has 3 aliphatic rings. The van der Waals surface area contributed by atoms with Gasteiger partial charge in [0, 0.05) is 44.0 Å². The number of amides is 1. The first-order chi connectivity index (χ1) is 10.3. The summed E-state index contributed by atoms with van der Waals surface area (Å²) in [7, 11) is 0. The van der Waals surface area contributed by atoms with Crippen LogP contribution in [0.15, 0.2) is 18.5 Å². The molecule has 0 radical (unpaired) electrons. The number of nitrogens with one attached hydrogen (secondary N) is 1. The lowest BCUT2D eigenvalue weighted by atomic mass is 9.82. The van der Waals surface area contributed by atoms with Crippen LogP contribution in [0.3, 0.4) is 0 Å². The van der Waals surface area contributed by atoms with Gasteiger partial charge in [-0.1, -0.05) is 0 Å². The van der Waals surface area contributed by atoms with Gasteiger partial charge in [-0.3, -0.25) is 4.79 Å². The number of carbonyl (C=O) groups excluding carboxylic acids is 1. The molecule has 1 aliphatic carbocycles. The number of piperidine rings is 1. The Morgan fingerprint density at radius 3 is 2.81 bits per heavy atom. The molecule has 1 saturated carbocycles. The summed E-state index contributed by atoms with van der Waals surface area (Å²) < 4.78 is 5.83. The Morgan fingerprint density at radius 2 is 2.05 bits per heavy atom. The summed E-state index contributed by atoms with van der Waals surface area (Å²) in [5, 5.41) is 3.15. The Hall–Kier alpha value is -1.69. The molecule has 0 unspecified atom stereocenters. The highest BCUT2D eigenvalue weighted by atomic mass is 16.5. The molecule has 1 aromatic rings. The standard InChI is InChI=1S/C15H20N4O2/c20-14(18-10-2-3-10)12-8-19(15-16-5-1-6-17-15)9-13-11(12)4-7-21-13/h1,5-6,10-13H,2-4,7-9H2,(H,18,20)/t11-,12-,13+/m0/s1. The molecule has 1 aromatic heterocycles. The summed E-state index contributed by atoms with van der Waals surface area (Å²) in [6, 6.07) is 2.21. The lowest BCUT2D eigenvalue weighted by Crippen LogP contribution is -2.53. The second-order valence-corrected chi connectivity index (χ2v) is 6.20. The number of ether oxygens (including phenoxy) is 1. The normalized spacial score (nSPS) is 31.8. The minimum Gasteiger partial charge on any atom is -0.376 e. The minimum atomic E-state index is -0.0179. The number of hydrogen-bond donors (Lipinski definition) is 1. The van der Waals surface area contributed by atoms with E-state index in [1.54, 1.807) is 18.5 Å². The molecule has 0 spiro atoms. The molecule has 6 heteroatoms. The zero-order valence-electron chi connectivity index (χ0n) is 11.9. The lowest BCUT2D eigenvalue weighted by molar-refractivity contribution is -0.128. The van der Waals surface area contributed by atoms with Gasteiger partial charge in [-0.25, -0.2) is 9.97 Å². The number of anilines is 1. The van der Waals surface area contributed by atoms with Crippen LogP contribution < -0.4 is 10.2 Å². The van der Waals surface area contributed by atoms with Crippen molar-refractivity contribution in [1.29, 1.82) is 0 Å². The number of carbonyl (C=O) groups is 1. The van der Waals surface area contributed by atoms with Gasteiger partial charge in [-0.2, -0.15) is 0 Å². The Balaban J connectivity index is 1.54. The Kier molecular flexibility index (Phi) is 3.25. The molecule has 3 heterocycles. The first-order valence-electron chi connectivity index (χ1n) is 7.75. The zero-order valence-corrected chi connectivity index (χ0v) is 11.9. The highest BCUT2D eigenvalue weighted by Crippen LogP contribution is 2.35. The number of hydrogen-bond acceptors (Lipinski definition) is 5. The molecule has 3 atom stereocenters. The SMILES string of the molecule is O=C(NC1CC1)[C@H]1CN(c2ncccn2)C[C@H]2OCC[C@@H]12. The van der Waals surface area contributed by atoms with E-state index in [1.807, 2.05) is 0 Å². The summed E-state index contributed by atoms with van der Waals surface area (Å²) in [4.78, 5) is 23.2. The summed E-state index contributed by atoms with van der Waals surface area (Å²) >= 11 is 0. The van der Waals surface area contributed by atoms with E-state index in [0.717, 1.165) is 32.4 Å². The highest BCUT2D eigenvalue weighted by Gasteiger charge is 2.45. The lowest BCUT2D eigenvalue weighted by Gasteiger charge is -2.39. The molecule has 1 N–H and O–H groups in total. The quantitative estimate of drug-likeness (QED) is 0.882. The van der Waals surface area contributed by atoms with Crippen molar-refractivity contribution >= 4 is 11.9 Å². The van der Waals surface area contributed by atoms with Crippen LogP contribution >= 0.6 is 0 Å². The van der Waals surface area contributed by atoms with Crippen LogP contribution in [0.4, 0.5) is 5.95 Å². The molecule has 6 nitrogen and oxygen atoms in total. The number of rotatable bonds is 3. The van der Waals surface area contributed by atoms with Gasteiger partial charge in [-0.15, -0.1) is 0 Å². The van der Waals surface area contributed by atoms with E-state index in [-0.39, 0.29) is 17.9 Å². The fourth-order valence-electron chi connectivity index (χ4n) is 3.41. The van der Waals surface area contributed by atoms with Gasteiger partial charge in [0.25, 0.3) is 0 Å². The number of fused-ring (bicyclic) bond motifs is 1. The highest BCUT2D eigenvalue weighted by molar-refractivity contribution is 5.80. The molecule has 1 amide bonds. The van der Waals surface area contributed by atoms with Crippen LogP contribution in [-0.4, -0.2) is 47.7 Å². The summed E-state index contributed by atoms with van der Waals surface area (Å²) in [6.07, 6.45) is 6.82. The Bertz CT molecular complexity index is 520. The van der Waals surface area contributed by atoms with E-state index >= 15 is 0 Å². The fourth-order valence-corrected chi connectivity index (χ4v) is 3.41. The van der Waals surface area contributed by atoms with Crippen molar-refractivity contribution in [3.8, 4) is 0 Å². The van der Waals surface area contributed by atoms with Crippen LogP contribution in [-0.2, 0) is 9.53 Å². The molecule has 21 heavy (non-hydrogen) atoms. The van der Waals surface area contributed by atoms with Gasteiger partial charge in [0.15, 0.2) is 0 Å². The monoisotopic (exact) mass is 288 g/mol. The molecule has 2 saturated heterocycles. The van der Waals surface area contributed by atoms with E-state index in [9.17, 15) is 4.79 Å². The Labute approximate surface area is 123 Å². The molecule has 2 aliphatic heterocycles. The molecule has 112 valence electrons. The van der Waals surface area contributed by atoms with Crippen molar-refractivity contribution in [2.24, 2.45) is 11.8 Å². The molecular weight excluding hydrogens is 268 g/mol. The molecular formula is C15H20N4O2. The van der Waals surface area contributed by atoms with Gasteiger partial charge >= 0.3 is 0 Å². The van der Waals surface area contributed by atoms with Gasteiger partial charge in [0.2, 0.25) is 11.9 Å². The van der Waals surface area contributed by atoms with Crippen LogP contribution in [0, 0.1) is 11.8 Å². The van der Waals surface area contributed by atoms with E-state index in [1.165, 1.54) is 0 Å². The summed E-state index contributed by atoms with van der Waals surface area (Å²) in [6.45, 7) is 2.22. The third-order valence-corrected chi connectivity index (χ3v) is 4.69. The maximum absolute atomic E-state index is 12.5. The molecule has 0 bridgehead atoms. The van der Waals surface area contributed by atoms with Crippen molar-refractivity contribution < 1.29 is 9.53 Å². The average Bonchev–Trinajstić information content (AvgIpc) is 3.20. The second kappa shape index (κ2) is 5.26. The van der Waals surface area contributed by atoms with Crippen molar-refractivity contribution in [2.45, 2.75) is 31.4 Å². The average molecular weight is 288 g/mol. The van der Waals surface area contributed by atoms with Gasteiger partial charge in [-0.05, 0) is 25.3 Å². The van der Waals surface area contributed by atoms with Crippen LogP contribution in [0.5, 0.6) is 0 Å². The minimum absolute atomic E-state index is 0.0179. The molecule has 0 aromatic carbocycles. The van der Waals surface area contributed by atoms with Crippen LogP contribution in [0.25, 0.3) is 0 Å². The number of aromatic nitrogens is 2. The van der Waals surface area contributed by atoms with Crippen LogP contribution in [0.1, 0.15) is 19.3 Å². The van der Waals surface area contributed by atoms with Gasteiger partial charge in [0.1, 0.15) is 0 Å². The third kappa shape index (κ3) is 2.60. The Morgan fingerprint density at radius 1 is 1.24 bits per heavy atom. The summed E-state index contributed by atoms with van der Waals surface area (Å²) in [5.74, 6) is 1.19. The molecule has 3 fully saturated rings. The maximum Gasteiger partial charge on any atom is 0.225 e. The second-order valence-electron chi connectivity index (χ2n) is 6.20. The predicted octanol–water partition coefficient (Wildman–Crippen LogP) is 0.596. The van der Waals surface area contributed by atoms with E-state index in [4.69, 9.17) is 4.74 Å². The van der Waals surface area contributed by atoms with E-state index in [2.05, 4.69) is 20.2 Å². The third-order valence-electron chi connectivity index (χ3n) is 4.69. The first kappa shape index (κ1) is 13.0. The first-order valence-corrected chi connectivity index (χ1v) is 7.75. The topological polar surface area (TPSA) is 67.4 Å². The van der Waals surface area contributed by atoms with Crippen molar-refractivity contribution in [3.63, 3.8) is 0 Å². The van der Waals surface area contributed by atoms with Crippen molar-refractivity contribution in [1.82, 2.24) is 15.3 Å². The summed E-state index contributed by atoms with van der Waals surface area (Å²) in [5.41, 5.74) is 0. The van der Waals surface area contributed by atoms with Crippen molar-refractivity contribution in [3.05, 3.63) is 18.5 Å². The van der Waals surface area contributed by atoms with Gasteiger partial charge < -0.3 is 15.0 Å². The fraction of sp³-hybridized carbons (Fsp3) is 0.667. The van der Waals surface area contributed by atoms with E-state index in [0.29, 0.717) is 24.5 Å². The predicted molar refractivity (Wildman–Crippen MR) is 76.7 cm³/mol. The number of nitrogens with zero attached hydrogens (tertiary/aromatic N) is 3. The maximum atomic E-state index is 12.5. The van der Waals surface area contributed by atoms with E-state index < -0.39 is 0 Å².